The van der Waals surface area contributed by atoms with E-state index >= 15 is 0 Å². The van der Waals surface area contributed by atoms with Crippen LogP contribution in [0, 0.1) is 0 Å². The summed E-state index contributed by atoms with van der Waals surface area (Å²) in [5.74, 6) is 0. The SMILES string of the molecule is CC(O)(P(C)(C)=O)P(C)(C)=O. The van der Waals surface area contributed by atoms with Gasteiger partial charge in [-0.1, -0.05) is 0 Å². The van der Waals surface area contributed by atoms with E-state index in [1.54, 1.807) is 0 Å². The highest BCUT2D eigenvalue weighted by molar-refractivity contribution is 7.81. The maximum Gasteiger partial charge on any atom is 0.165 e. The monoisotopic (exact) mass is 198 g/mol. The Morgan fingerprint density at radius 2 is 1.18 bits per heavy atom. The number of rotatable bonds is 2. The van der Waals surface area contributed by atoms with Crippen LogP contribution in [0.2, 0.25) is 0 Å². The van der Waals surface area contributed by atoms with Crippen molar-refractivity contribution in [3.63, 3.8) is 0 Å². The summed E-state index contributed by atoms with van der Waals surface area (Å²) in [5.41, 5.74) is 0. The summed E-state index contributed by atoms with van der Waals surface area (Å²) >= 11 is 0. The third-order valence-corrected chi connectivity index (χ3v) is 9.01. The standard InChI is InChI=1S/C6H16O3P2/c1-6(7,10(2,3)8)11(4,5)9/h7H,1-5H3. The quantitative estimate of drug-likeness (QED) is 0.689. The summed E-state index contributed by atoms with van der Waals surface area (Å²) in [6.07, 6.45) is 0. The third kappa shape index (κ3) is 2.18. The fourth-order valence-electron chi connectivity index (χ4n) is 0.580. The first-order valence-corrected chi connectivity index (χ1v) is 8.53. The Kier molecular flexibility index (Phi) is 2.83. The predicted octanol–water partition coefficient (Wildman–Crippen LogP) is 1.90. The number of hydrogen-bond acceptors (Lipinski definition) is 3. The van der Waals surface area contributed by atoms with E-state index < -0.39 is 19.4 Å². The van der Waals surface area contributed by atoms with Gasteiger partial charge in [0.15, 0.2) is 5.08 Å². The molecule has 0 spiro atoms. The predicted molar refractivity (Wildman–Crippen MR) is 49.5 cm³/mol. The van der Waals surface area contributed by atoms with Gasteiger partial charge in [0.2, 0.25) is 0 Å². The van der Waals surface area contributed by atoms with Crippen LogP contribution in [0.5, 0.6) is 0 Å². The van der Waals surface area contributed by atoms with Crippen molar-refractivity contribution in [3.05, 3.63) is 0 Å². The van der Waals surface area contributed by atoms with Gasteiger partial charge in [0.1, 0.15) is 14.3 Å². The fourth-order valence-corrected chi connectivity index (χ4v) is 5.22. The van der Waals surface area contributed by atoms with Crippen LogP contribution in [0.25, 0.3) is 0 Å². The summed E-state index contributed by atoms with van der Waals surface area (Å²) in [6, 6.07) is 0. The molecule has 0 saturated heterocycles. The molecule has 0 amide bonds. The molecule has 0 aromatic carbocycles. The first-order valence-electron chi connectivity index (χ1n) is 3.32. The van der Waals surface area contributed by atoms with Crippen molar-refractivity contribution in [2.45, 2.75) is 12.0 Å². The normalized spacial score (nSPS) is 15.1. The molecule has 0 radical (unpaired) electrons. The van der Waals surface area contributed by atoms with Gasteiger partial charge in [0.05, 0.1) is 0 Å². The lowest BCUT2D eigenvalue weighted by molar-refractivity contribution is 0.221. The molecule has 1 N–H and O–H groups in total. The Labute approximate surface area is 67.9 Å². The van der Waals surface area contributed by atoms with Gasteiger partial charge in [-0.3, -0.25) is 0 Å². The highest BCUT2D eigenvalue weighted by atomic mass is 31.2. The first-order chi connectivity index (χ1) is 4.50. The smallest absolute Gasteiger partial charge is 0.165 e. The summed E-state index contributed by atoms with van der Waals surface area (Å²) in [7, 11) is -5.40. The Bertz CT molecular complexity index is 208. The lowest BCUT2D eigenvalue weighted by Gasteiger charge is -2.31. The van der Waals surface area contributed by atoms with Gasteiger partial charge in [-0.25, -0.2) is 0 Å². The maximum atomic E-state index is 11.5. The zero-order valence-corrected chi connectivity index (χ0v) is 9.45. The minimum absolute atomic E-state index is 1.38. The van der Waals surface area contributed by atoms with Gasteiger partial charge >= 0.3 is 0 Å². The summed E-state index contributed by atoms with van der Waals surface area (Å²) < 4.78 is 22.9. The van der Waals surface area contributed by atoms with Gasteiger partial charge in [-0.15, -0.1) is 0 Å². The zero-order chi connectivity index (χ0) is 9.50. The van der Waals surface area contributed by atoms with Crippen LogP contribution in [-0.2, 0) is 9.13 Å². The average Bonchev–Trinajstić information content (AvgIpc) is 1.58. The van der Waals surface area contributed by atoms with Gasteiger partial charge < -0.3 is 14.2 Å². The van der Waals surface area contributed by atoms with Crippen molar-refractivity contribution < 1.29 is 14.2 Å². The van der Waals surface area contributed by atoms with Crippen molar-refractivity contribution in [1.82, 2.24) is 0 Å². The third-order valence-electron chi connectivity index (χ3n) is 2.04. The van der Waals surface area contributed by atoms with E-state index in [4.69, 9.17) is 0 Å². The highest BCUT2D eigenvalue weighted by Gasteiger charge is 2.44. The summed E-state index contributed by atoms with van der Waals surface area (Å²) in [5, 5.41) is 8.15. The molecule has 0 aliphatic heterocycles. The van der Waals surface area contributed by atoms with E-state index in [1.807, 2.05) is 0 Å². The van der Waals surface area contributed by atoms with Crippen LogP contribution in [-0.4, -0.2) is 36.8 Å². The Morgan fingerprint density at radius 1 is 1.00 bits per heavy atom. The van der Waals surface area contributed by atoms with Crippen molar-refractivity contribution >= 4 is 14.3 Å². The second-order valence-electron chi connectivity index (χ2n) is 3.67. The van der Waals surface area contributed by atoms with Gasteiger partial charge in [0, 0.05) is 0 Å². The van der Waals surface area contributed by atoms with Crippen LogP contribution in [0.3, 0.4) is 0 Å². The molecule has 0 bridgehead atoms. The Hall–Kier alpha value is 0.420. The van der Waals surface area contributed by atoms with Crippen molar-refractivity contribution in [1.29, 1.82) is 0 Å². The number of aliphatic hydroxyl groups is 1. The average molecular weight is 198 g/mol. The zero-order valence-electron chi connectivity index (χ0n) is 7.66. The van der Waals surface area contributed by atoms with E-state index in [0.717, 1.165) is 0 Å². The lowest BCUT2D eigenvalue weighted by Crippen LogP contribution is -2.22. The van der Waals surface area contributed by atoms with Crippen LogP contribution in [0.15, 0.2) is 0 Å². The molecule has 5 heteroatoms. The largest absolute Gasteiger partial charge is 0.375 e. The van der Waals surface area contributed by atoms with Crippen LogP contribution >= 0.6 is 14.3 Å². The molecule has 68 valence electrons. The minimum atomic E-state index is -2.70. The van der Waals surface area contributed by atoms with E-state index in [-0.39, 0.29) is 0 Å². The summed E-state index contributed by atoms with van der Waals surface area (Å²) in [6.45, 7) is 7.19. The van der Waals surface area contributed by atoms with Crippen molar-refractivity contribution in [2.24, 2.45) is 0 Å². The van der Waals surface area contributed by atoms with E-state index in [9.17, 15) is 14.2 Å². The Balaban J connectivity index is 5.08. The second kappa shape index (κ2) is 2.73. The molecule has 0 saturated carbocycles. The molecule has 0 unspecified atom stereocenters. The van der Waals surface area contributed by atoms with Gasteiger partial charge in [0.25, 0.3) is 0 Å². The minimum Gasteiger partial charge on any atom is -0.375 e. The molecule has 0 atom stereocenters. The second-order valence-corrected chi connectivity index (χ2v) is 11.2. The Morgan fingerprint density at radius 3 is 1.18 bits per heavy atom. The van der Waals surface area contributed by atoms with E-state index in [2.05, 4.69) is 0 Å². The molecule has 0 rings (SSSR count). The highest BCUT2D eigenvalue weighted by Crippen LogP contribution is 2.68. The van der Waals surface area contributed by atoms with Crippen molar-refractivity contribution in [2.75, 3.05) is 26.7 Å². The maximum absolute atomic E-state index is 11.5. The molecular weight excluding hydrogens is 182 g/mol. The molecule has 0 fully saturated rings. The molecule has 0 heterocycles. The topological polar surface area (TPSA) is 54.4 Å². The van der Waals surface area contributed by atoms with E-state index in [1.165, 1.54) is 33.6 Å². The first kappa shape index (κ1) is 11.4. The van der Waals surface area contributed by atoms with Crippen LogP contribution < -0.4 is 0 Å². The molecule has 11 heavy (non-hydrogen) atoms. The molecule has 3 nitrogen and oxygen atoms in total. The van der Waals surface area contributed by atoms with Gasteiger partial charge in [-0.2, -0.15) is 0 Å². The summed E-state index contributed by atoms with van der Waals surface area (Å²) in [4.78, 5) is 0. The molecule has 0 aromatic heterocycles. The van der Waals surface area contributed by atoms with E-state index in [0.29, 0.717) is 0 Å². The van der Waals surface area contributed by atoms with Gasteiger partial charge in [-0.05, 0) is 33.6 Å². The molecular formula is C6H16O3P2. The lowest BCUT2D eigenvalue weighted by atomic mass is 10.8. The van der Waals surface area contributed by atoms with Crippen molar-refractivity contribution in [3.8, 4) is 0 Å². The van der Waals surface area contributed by atoms with Crippen LogP contribution in [0.1, 0.15) is 6.92 Å². The molecule has 0 aliphatic carbocycles. The molecule has 0 aliphatic rings. The molecule has 0 aromatic rings. The fraction of sp³-hybridized carbons (Fsp3) is 1.00. The van der Waals surface area contributed by atoms with Crippen LogP contribution in [0.4, 0.5) is 0 Å². The number of hydrogen-bond donors (Lipinski definition) is 1.